The number of hydrogen-bond donors (Lipinski definition) is 3. The highest BCUT2D eigenvalue weighted by atomic mass is 32.1. The first-order valence-corrected chi connectivity index (χ1v) is 6.46. The van der Waals surface area contributed by atoms with Gasteiger partial charge in [0.15, 0.2) is 0 Å². The maximum atomic E-state index is 11.5. The quantitative estimate of drug-likeness (QED) is 0.754. The predicted molar refractivity (Wildman–Crippen MR) is 68.5 cm³/mol. The number of rotatable bonds is 5. The monoisotopic (exact) mass is 271 g/mol. The van der Waals surface area contributed by atoms with Crippen molar-refractivity contribution in [1.82, 2.24) is 15.6 Å². The van der Waals surface area contributed by atoms with Gasteiger partial charge in [-0.25, -0.2) is 14.6 Å². The Balaban J connectivity index is 2.43. The summed E-state index contributed by atoms with van der Waals surface area (Å²) in [5.74, 6) is -1.21. The molecule has 0 radical (unpaired) electrons. The van der Waals surface area contributed by atoms with E-state index >= 15 is 0 Å². The topological polar surface area (TPSA) is 91.3 Å². The van der Waals surface area contributed by atoms with Crippen molar-refractivity contribution in [2.45, 2.75) is 33.4 Å². The third-order valence-corrected chi connectivity index (χ3v) is 3.25. The summed E-state index contributed by atoms with van der Waals surface area (Å²) >= 11 is 1.45. The second-order valence-electron chi connectivity index (χ2n) is 4.27. The van der Waals surface area contributed by atoms with E-state index in [1.807, 2.05) is 12.3 Å². The van der Waals surface area contributed by atoms with Crippen molar-refractivity contribution in [2.24, 2.45) is 5.92 Å². The van der Waals surface area contributed by atoms with Crippen LogP contribution in [0.25, 0.3) is 0 Å². The van der Waals surface area contributed by atoms with Crippen molar-refractivity contribution in [3.8, 4) is 0 Å². The highest BCUT2D eigenvalue weighted by molar-refractivity contribution is 7.09. The van der Waals surface area contributed by atoms with Crippen molar-refractivity contribution >= 4 is 23.3 Å². The molecule has 1 atom stereocenters. The number of amides is 2. The molecular weight excluding hydrogens is 254 g/mol. The van der Waals surface area contributed by atoms with Crippen LogP contribution >= 0.6 is 11.3 Å². The Morgan fingerprint density at radius 3 is 2.61 bits per heavy atom. The van der Waals surface area contributed by atoms with E-state index in [1.165, 1.54) is 11.3 Å². The van der Waals surface area contributed by atoms with Crippen molar-refractivity contribution in [2.75, 3.05) is 0 Å². The maximum Gasteiger partial charge on any atom is 0.326 e. The van der Waals surface area contributed by atoms with Crippen LogP contribution in [0.15, 0.2) is 5.38 Å². The SMILES string of the molecule is Cc1csc(CNC(=O)NC(C(=O)O)C(C)C)n1. The van der Waals surface area contributed by atoms with Gasteiger partial charge in [0.25, 0.3) is 0 Å². The van der Waals surface area contributed by atoms with E-state index in [-0.39, 0.29) is 5.92 Å². The number of aromatic nitrogens is 1. The average molecular weight is 271 g/mol. The largest absolute Gasteiger partial charge is 0.480 e. The number of urea groups is 1. The molecule has 1 aromatic heterocycles. The van der Waals surface area contributed by atoms with Gasteiger partial charge in [0.05, 0.1) is 6.54 Å². The van der Waals surface area contributed by atoms with E-state index in [4.69, 9.17) is 5.11 Å². The van der Waals surface area contributed by atoms with Gasteiger partial charge >= 0.3 is 12.0 Å². The fraction of sp³-hybridized carbons (Fsp3) is 0.545. The number of carboxylic acid groups (broad SMARTS) is 1. The molecule has 100 valence electrons. The Labute approximate surface area is 109 Å². The molecule has 1 rings (SSSR count). The van der Waals surface area contributed by atoms with E-state index in [0.717, 1.165) is 10.7 Å². The van der Waals surface area contributed by atoms with Crippen LogP contribution in [0.4, 0.5) is 4.79 Å². The standard InChI is InChI=1S/C11H17N3O3S/c1-6(2)9(10(15)16)14-11(17)12-4-8-13-7(3)5-18-8/h5-6,9H,4H2,1-3H3,(H,15,16)(H2,12,14,17). The van der Waals surface area contributed by atoms with Gasteiger partial charge in [0.2, 0.25) is 0 Å². The Hall–Kier alpha value is -1.63. The molecule has 7 heteroatoms. The fourth-order valence-electron chi connectivity index (χ4n) is 1.35. The van der Waals surface area contributed by atoms with E-state index in [9.17, 15) is 9.59 Å². The smallest absolute Gasteiger partial charge is 0.326 e. The molecule has 6 nitrogen and oxygen atoms in total. The lowest BCUT2D eigenvalue weighted by atomic mass is 10.1. The fourth-order valence-corrected chi connectivity index (χ4v) is 2.06. The molecule has 0 saturated heterocycles. The zero-order chi connectivity index (χ0) is 13.7. The number of hydrogen-bond acceptors (Lipinski definition) is 4. The summed E-state index contributed by atoms with van der Waals surface area (Å²) in [4.78, 5) is 26.6. The lowest BCUT2D eigenvalue weighted by Gasteiger charge is -2.17. The zero-order valence-electron chi connectivity index (χ0n) is 10.6. The van der Waals surface area contributed by atoms with Gasteiger partial charge in [0, 0.05) is 11.1 Å². The van der Waals surface area contributed by atoms with Gasteiger partial charge in [-0.2, -0.15) is 0 Å². The van der Waals surface area contributed by atoms with Crippen molar-refractivity contribution in [1.29, 1.82) is 0 Å². The molecule has 1 unspecified atom stereocenters. The van der Waals surface area contributed by atoms with E-state index in [2.05, 4.69) is 15.6 Å². The second kappa shape index (κ2) is 6.34. The van der Waals surface area contributed by atoms with Crippen LogP contribution in [-0.4, -0.2) is 28.1 Å². The number of carbonyl (C=O) groups is 2. The van der Waals surface area contributed by atoms with Gasteiger partial charge < -0.3 is 15.7 Å². The van der Waals surface area contributed by atoms with Crippen LogP contribution in [-0.2, 0) is 11.3 Å². The Bertz CT molecular complexity index is 431. The van der Waals surface area contributed by atoms with Crippen molar-refractivity contribution in [3.63, 3.8) is 0 Å². The van der Waals surface area contributed by atoms with Gasteiger partial charge in [0.1, 0.15) is 11.0 Å². The lowest BCUT2D eigenvalue weighted by molar-refractivity contribution is -0.140. The van der Waals surface area contributed by atoms with Crippen LogP contribution in [0.1, 0.15) is 24.5 Å². The maximum absolute atomic E-state index is 11.5. The van der Waals surface area contributed by atoms with E-state index < -0.39 is 18.0 Å². The number of aryl methyl sites for hydroxylation is 1. The predicted octanol–water partition coefficient (Wildman–Crippen LogP) is 1.36. The molecule has 2 amide bonds. The highest BCUT2D eigenvalue weighted by Crippen LogP contribution is 2.07. The Morgan fingerprint density at radius 2 is 2.17 bits per heavy atom. The number of carbonyl (C=O) groups excluding carboxylic acids is 1. The van der Waals surface area contributed by atoms with E-state index in [0.29, 0.717) is 6.54 Å². The molecule has 0 aliphatic carbocycles. The number of aliphatic carboxylic acids is 1. The molecule has 0 spiro atoms. The number of carboxylic acids is 1. The van der Waals surface area contributed by atoms with Gasteiger partial charge in [-0.05, 0) is 12.8 Å². The first-order chi connectivity index (χ1) is 8.40. The summed E-state index contributed by atoms with van der Waals surface area (Å²) in [5.41, 5.74) is 0.905. The lowest BCUT2D eigenvalue weighted by Crippen LogP contribution is -2.48. The molecule has 3 N–H and O–H groups in total. The Morgan fingerprint density at radius 1 is 1.50 bits per heavy atom. The molecular formula is C11H17N3O3S. The van der Waals surface area contributed by atoms with Crippen LogP contribution in [0, 0.1) is 12.8 Å². The zero-order valence-corrected chi connectivity index (χ0v) is 11.4. The van der Waals surface area contributed by atoms with Gasteiger partial charge in [-0.3, -0.25) is 0 Å². The number of nitrogens with one attached hydrogen (secondary N) is 2. The minimum Gasteiger partial charge on any atom is -0.480 e. The molecule has 0 aromatic carbocycles. The first kappa shape index (κ1) is 14.4. The normalized spacial score (nSPS) is 12.2. The molecule has 0 bridgehead atoms. The van der Waals surface area contributed by atoms with E-state index in [1.54, 1.807) is 13.8 Å². The summed E-state index contributed by atoms with van der Waals surface area (Å²) in [5, 5.41) is 16.6. The molecule has 0 aliphatic rings. The van der Waals surface area contributed by atoms with Crippen LogP contribution in [0.3, 0.4) is 0 Å². The Kier molecular flexibility index (Phi) is 5.08. The second-order valence-corrected chi connectivity index (χ2v) is 5.21. The van der Waals surface area contributed by atoms with Crippen LogP contribution in [0.5, 0.6) is 0 Å². The minimum atomic E-state index is -1.04. The molecule has 0 fully saturated rings. The molecule has 0 saturated carbocycles. The van der Waals surface area contributed by atoms with Crippen LogP contribution < -0.4 is 10.6 Å². The van der Waals surface area contributed by atoms with Crippen LogP contribution in [0.2, 0.25) is 0 Å². The highest BCUT2D eigenvalue weighted by Gasteiger charge is 2.23. The van der Waals surface area contributed by atoms with Crippen molar-refractivity contribution < 1.29 is 14.7 Å². The minimum absolute atomic E-state index is 0.171. The third kappa shape index (κ3) is 4.33. The summed E-state index contributed by atoms with van der Waals surface area (Å²) in [6.45, 7) is 5.65. The molecule has 18 heavy (non-hydrogen) atoms. The summed E-state index contributed by atoms with van der Waals surface area (Å²) < 4.78 is 0. The third-order valence-electron chi connectivity index (χ3n) is 2.29. The summed E-state index contributed by atoms with van der Waals surface area (Å²) in [6.07, 6.45) is 0. The summed E-state index contributed by atoms with van der Waals surface area (Å²) in [6, 6.07) is -1.38. The van der Waals surface area contributed by atoms with Gasteiger partial charge in [-0.1, -0.05) is 13.8 Å². The summed E-state index contributed by atoms with van der Waals surface area (Å²) in [7, 11) is 0. The van der Waals surface area contributed by atoms with Crippen molar-refractivity contribution in [3.05, 3.63) is 16.1 Å². The average Bonchev–Trinajstić information content (AvgIpc) is 2.68. The first-order valence-electron chi connectivity index (χ1n) is 5.58. The number of nitrogens with zero attached hydrogens (tertiary/aromatic N) is 1. The molecule has 0 aliphatic heterocycles. The molecule has 1 heterocycles. The van der Waals surface area contributed by atoms with Gasteiger partial charge in [-0.15, -0.1) is 11.3 Å². The number of thiazole rings is 1. The molecule has 1 aromatic rings.